The van der Waals surface area contributed by atoms with Gasteiger partial charge in [-0.25, -0.2) is 14.5 Å². The standard InChI is InChI=1S/C20H28N6O2S/c1-20(2)10-14-15(12-28-20)29-19-17(14)18-23-16(24-26(18)13-22-19)11-21-4-3-5-25-6-8-27-9-7-25/h13,21H,3-12H2,1-2H3. The smallest absolute Gasteiger partial charge is 0.168 e. The van der Waals surface area contributed by atoms with Gasteiger partial charge < -0.3 is 14.8 Å². The average Bonchev–Trinajstić information content (AvgIpc) is 3.28. The van der Waals surface area contributed by atoms with Crippen molar-refractivity contribution in [1.82, 2.24) is 29.8 Å². The van der Waals surface area contributed by atoms with E-state index in [-0.39, 0.29) is 5.60 Å². The number of thiophene rings is 1. The lowest BCUT2D eigenvalue weighted by atomic mass is 9.94. The molecular formula is C20H28N6O2S. The molecule has 5 heterocycles. The number of nitrogens with one attached hydrogen (secondary N) is 1. The third-order valence-electron chi connectivity index (χ3n) is 5.67. The first-order valence-electron chi connectivity index (χ1n) is 10.4. The van der Waals surface area contributed by atoms with Crippen LogP contribution < -0.4 is 5.32 Å². The van der Waals surface area contributed by atoms with E-state index >= 15 is 0 Å². The van der Waals surface area contributed by atoms with Crippen LogP contribution in [0.1, 0.15) is 36.5 Å². The van der Waals surface area contributed by atoms with Crippen molar-refractivity contribution in [2.75, 3.05) is 39.4 Å². The van der Waals surface area contributed by atoms with Crippen molar-refractivity contribution in [3.63, 3.8) is 0 Å². The van der Waals surface area contributed by atoms with Gasteiger partial charge in [0.1, 0.15) is 11.2 Å². The van der Waals surface area contributed by atoms with E-state index in [0.717, 1.165) is 73.9 Å². The maximum absolute atomic E-state index is 5.98. The van der Waals surface area contributed by atoms with Gasteiger partial charge in [0.2, 0.25) is 0 Å². The lowest BCUT2D eigenvalue weighted by Gasteiger charge is -2.30. The first-order valence-corrected chi connectivity index (χ1v) is 11.2. The van der Waals surface area contributed by atoms with Crippen LogP contribution in [-0.2, 0) is 29.0 Å². The van der Waals surface area contributed by atoms with E-state index in [9.17, 15) is 0 Å². The largest absolute Gasteiger partial charge is 0.379 e. The van der Waals surface area contributed by atoms with Crippen LogP contribution in [0.25, 0.3) is 15.9 Å². The summed E-state index contributed by atoms with van der Waals surface area (Å²) in [4.78, 5) is 14.2. The van der Waals surface area contributed by atoms with Crippen molar-refractivity contribution in [2.45, 2.75) is 45.4 Å². The summed E-state index contributed by atoms with van der Waals surface area (Å²) in [5, 5.41) is 9.28. The fourth-order valence-corrected chi connectivity index (χ4v) is 5.18. The maximum atomic E-state index is 5.98. The summed E-state index contributed by atoms with van der Waals surface area (Å²) in [6.07, 6.45) is 3.78. The molecular weight excluding hydrogens is 388 g/mol. The van der Waals surface area contributed by atoms with E-state index in [2.05, 4.69) is 34.1 Å². The summed E-state index contributed by atoms with van der Waals surface area (Å²) >= 11 is 1.72. The van der Waals surface area contributed by atoms with Gasteiger partial charge >= 0.3 is 0 Å². The molecule has 156 valence electrons. The molecule has 0 bridgehead atoms. The third kappa shape index (κ3) is 4.02. The van der Waals surface area contributed by atoms with E-state index in [4.69, 9.17) is 14.5 Å². The molecule has 8 nitrogen and oxygen atoms in total. The number of morpholine rings is 1. The number of hydrogen-bond acceptors (Lipinski definition) is 8. The number of fused-ring (bicyclic) bond motifs is 5. The second kappa shape index (κ2) is 7.88. The zero-order chi connectivity index (χ0) is 19.8. The molecule has 0 amide bonds. The van der Waals surface area contributed by atoms with Gasteiger partial charge in [-0.3, -0.25) is 4.90 Å². The van der Waals surface area contributed by atoms with Crippen LogP contribution in [0.4, 0.5) is 0 Å². The predicted molar refractivity (Wildman–Crippen MR) is 112 cm³/mol. The highest BCUT2D eigenvalue weighted by Crippen LogP contribution is 2.39. The maximum Gasteiger partial charge on any atom is 0.168 e. The molecule has 0 radical (unpaired) electrons. The molecule has 3 aromatic rings. The molecule has 2 aliphatic heterocycles. The molecule has 9 heteroatoms. The van der Waals surface area contributed by atoms with Gasteiger partial charge in [-0.15, -0.1) is 16.4 Å². The van der Waals surface area contributed by atoms with Crippen molar-refractivity contribution < 1.29 is 9.47 Å². The van der Waals surface area contributed by atoms with Gasteiger partial charge in [0.15, 0.2) is 11.5 Å². The zero-order valence-electron chi connectivity index (χ0n) is 17.1. The Labute approximate surface area is 174 Å². The second-order valence-corrected chi connectivity index (χ2v) is 9.52. The first kappa shape index (κ1) is 19.3. The SMILES string of the molecule is CC1(C)Cc2c(sc3ncn4nc(CNCCCN5CCOCC5)nc4c23)CO1. The topological polar surface area (TPSA) is 76.8 Å². The van der Waals surface area contributed by atoms with Crippen molar-refractivity contribution in [3.05, 3.63) is 22.6 Å². The monoisotopic (exact) mass is 416 g/mol. The lowest BCUT2D eigenvalue weighted by Crippen LogP contribution is -2.37. The Morgan fingerprint density at radius 1 is 1.28 bits per heavy atom. The Balaban J connectivity index is 1.27. The highest BCUT2D eigenvalue weighted by Gasteiger charge is 2.30. The second-order valence-electron chi connectivity index (χ2n) is 8.43. The van der Waals surface area contributed by atoms with Gasteiger partial charge in [0, 0.05) is 24.4 Å². The predicted octanol–water partition coefficient (Wildman–Crippen LogP) is 2.00. The number of ether oxygens (including phenoxy) is 2. The quantitative estimate of drug-likeness (QED) is 0.616. The van der Waals surface area contributed by atoms with Crippen molar-refractivity contribution in [1.29, 1.82) is 0 Å². The number of aromatic nitrogens is 4. The number of rotatable bonds is 6. The highest BCUT2D eigenvalue weighted by atomic mass is 32.1. The fraction of sp³-hybridized carbons (Fsp3) is 0.650. The van der Waals surface area contributed by atoms with Crippen LogP contribution >= 0.6 is 11.3 Å². The summed E-state index contributed by atoms with van der Waals surface area (Å²) in [5.41, 5.74) is 2.09. The molecule has 0 atom stereocenters. The van der Waals surface area contributed by atoms with E-state index in [1.807, 2.05) is 4.52 Å². The first-order chi connectivity index (χ1) is 14.1. The van der Waals surface area contributed by atoms with Crippen LogP contribution in [0.2, 0.25) is 0 Å². The minimum Gasteiger partial charge on any atom is -0.379 e. The Morgan fingerprint density at radius 2 is 2.14 bits per heavy atom. The molecule has 1 N–H and O–H groups in total. The van der Waals surface area contributed by atoms with Crippen LogP contribution in [-0.4, -0.2) is 69.5 Å². The van der Waals surface area contributed by atoms with Crippen molar-refractivity contribution >= 4 is 27.2 Å². The van der Waals surface area contributed by atoms with Gasteiger partial charge in [-0.05, 0) is 38.9 Å². The van der Waals surface area contributed by atoms with Crippen LogP contribution in [0, 0.1) is 0 Å². The molecule has 0 spiro atoms. The third-order valence-corrected chi connectivity index (χ3v) is 6.78. The molecule has 29 heavy (non-hydrogen) atoms. The van der Waals surface area contributed by atoms with Gasteiger partial charge in [0.25, 0.3) is 0 Å². The highest BCUT2D eigenvalue weighted by molar-refractivity contribution is 7.19. The van der Waals surface area contributed by atoms with Gasteiger partial charge in [-0.2, -0.15) is 0 Å². The van der Waals surface area contributed by atoms with Crippen molar-refractivity contribution in [2.24, 2.45) is 0 Å². The Bertz CT molecular complexity index is 1010. The summed E-state index contributed by atoms with van der Waals surface area (Å²) in [6.45, 7) is 11.5. The Kier molecular flexibility index (Phi) is 5.25. The molecule has 2 aliphatic rings. The molecule has 1 fully saturated rings. The molecule has 5 rings (SSSR count). The molecule has 0 unspecified atom stereocenters. The van der Waals surface area contributed by atoms with Crippen molar-refractivity contribution in [3.8, 4) is 0 Å². The Morgan fingerprint density at radius 3 is 3.00 bits per heavy atom. The van der Waals surface area contributed by atoms with E-state index in [1.54, 1.807) is 17.7 Å². The molecule has 1 saturated heterocycles. The van der Waals surface area contributed by atoms with E-state index in [0.29, 0.717) is 13.2 Å². The van der Waals surface area contributed by atoms with E-state index < -0.39 is 0 Å². The summed E-state index contributed by atoms with van der Waals surface area (Å²) in [7, 11) is 0. The molecule has 0 aliphatic carbocycles. The minimum absolute atomic E-state index is 0.154. The van der Waals surface area contributed by atoms with Crippen LogP contribution in [0.15, 0.2) is 6.33 Å². The molecule has 3 aromatic heterocycles. The summed E-state index contributed by atoms with van der Waals surface area (Å²) in [5.74, 6) is 0.817. The zero-order valence-corrected chi connectivity index (χ0v) is 17.9. The van der Waals surface area contributed by atoms with Gasteiger partial charge in [-0.1, -0.05) is 0 Å². The molecule has 0 aromatic carbocycles. The normalized spacial score (nSPS) is 19.8. The van der Waals surface area contributed by atoms with Crippen LogP contribution in [0.5, 0.6) is 0 Å². The molecule has 0 saturated carbocycles. The number of nitrogens with zero attached hydrogens (tertiary/aromatic N) is 5. The van der Waals surface area contributed by atoms with E-state index in [1.165, 1.54) is 10.4 Å². The summed E-state index contributed by atoms with van der Waals surface area (Å²) in [6, 6.07) is 0. The van der Waals surface area contributed by atoms with Gasteiger partial charge in [0.05, 0.1) is 37.4 Å². The summed E-state index contributed by atoms with van der Waals surface area (Å²) < 4.78 is 13.2. The minimum atomic E-state index is -0.154. The van der Waals surface area contributed by atoms with Crippen LogP contribution in [0.3, 0.4) is 0 Å². The number of hydrogen-bond donors (Lipinski definition) is 1. The average molecular weight is 417 g/mol. The lowest BCUT2D eigenvalue weighted by molar-refractivity contribution is -0.0379. The fourth-order valence-electron chi connectivity index (χ4n) is 4.11. The Hall–Kier alpha value is -1.65.